The van der Waals surface area contributed by atoms with Gasteiger partial charge in [-0.05, 0) is 26.2 Å². The van der Waals surface area contributed by atoms with Crippen LogP contribution in [-0.2, 0) is 9.59 Å². The monoisotopic (exact) mass is 313 g/mol. The summed E-state index contributed by atoms with van der Waals surface area (Å²) in [4.78, 5) is 36.6. The van der Waals surface area contributed by atoms with Gasteiger partial charge in [-0.15, -0.1) is 0 Å². The van der Waals surface area contributed by atoms with Crippen LogP contribution in [-0.4, -0.2) is 53.6 Å². The van der Waals surface area contributed by atoms with E-state index in [9.17, 15) is 14.4 Å². The number of hydrogen-bond donors (Lipinski definition) is 3. The van der Waals surface area contributed by atoms with Gasteiger partial charge >= 0.3 is 12.0 Å². The molecule has 0 saturated heterocycles. The Balaban J connectivity index is 2.75. The largest absolute Gasteiger partial charge is 0.481 e. The number of nitrogens with zero attached hydrogens (tertiary/aromatic N) is 1. The quantitative estimate of drug-likeness (QED) is 0.689. The standard InChI is InChI=1S/C15H27N3O4/c1-15(10-9-12(19)20,17-14(22)18(2)3)13(21)16-11-7-5-4-6-8-11/h11H,4-10H2,1-3H3,(H,16,21)(H,17,22)(H,19,20). The number of carbonyl (C=O) groups excluding carboxylic acids is 2. The summed E-state index contributed by atoms with van der Waals surface area (Å²) < 4.78 is 0. The third-order valence-electron chi connectivity index (χ3n) is 4.07. The van der Waals surface area contributed by atoms with E-state index in [4.69, 9.17) is 5.11 Å². The van der Waals surface area contributed by atoms with Crippen LogP contribution in [0.2, 0.25) is 0 Å². The van der Waals surface area contributed by atoms with E-state index in [0.717, 1.165) is 25.7 Å². The van der Waals surface area contributed by atoms with Gasteiger partial charge in [-0.2, -0.15) is 0 Å². The average molecular weight is 313 g/mol. The molecule has 1 aliphatic rings. The number of aliphatic carboxylic acids is 1. The van der Waals surface area contributed by atoms with Crippen LogP contribution in [0, 0.1) is 0 Å². The number of amides is 3. The lowest BCUT2D eigenvalue weighted by atomic mass is 9.91. The van der Waals surface area contributed by atoms with Crippen LogP contribution in [0.1, 0.15) is 51.9 Å². The van der Waals surface area contributed by atoms with Gasteiger partial charge in [0.15, 0.2) is 0 Å². The molecule has 7 nitrogen and oxygen atoms in total. The predicted molar refractivity (Wildman–Crippen MR) is 82.5 cm³/mol. The maximum Gasteiger partial charge on any atom is 0.317 e. The van der Waals surface area contributed by atoms with Crippen molar-refractivity contribution in [1.82, 2.24) is 15.5 Å². The second-order valence-corrected chi connectivity index (χ2v) is 6.36. The van der Waals surface area contributed by atoms with Crippen LogP contribution >= 0.6 is 0 Å². The van der Waals surface area contributed by atoms with Gasteiger partial charge in [0.25, 0.3) is 0 Å². The van der Waals surface area contributed by atoms with Crippen molar-refractivity contribution in [2.75, 3.05) is 14.1 Å². The molecule has 0 aliphatic heterocycles. The maximum absolute atomic E-state index is 12.6. The summed E-state index contributed by atoms with van der Waals surface area (Å²) in [6.07, 6.45) is 5.09. The van der Waals surface area contributed by atoms with Crippen LogP contribution in [0.5, 0.6) is 0 Å². The van der Waals surface area contributed by atoms with E-state index in [-0.39, 0.29) is 24.8 Å². The topological polar surface area (TPSA) is 98.7 Å². The van der Waals surface area contributed by atoms with E-state index in [1.165, 1.54) is 11.3 Å². The zero-order chi connectivity index (χ0) is 16.8. The van der Waals surface area contributed by atoms with Gasteiger partial charge in [-0.1, -0.05) is 19.3 Å². The van der Waals surface area contributed by atoms with E-state index in [0.29, 0.717) is 0 Å². The molecule has 126 valence electrons. The lowest BCUT2D eigenvalue weighted by Crippen LogP contribution is -2.60. The Hall–Kier alpha value is -1.79. The van der Waals surface area contributed by atoms with E-state index in [1.807, 2.05) is 0 Å². The van der Waals surface area contributed by atoms with Gasteiger partial charge in [0.1, 0.15) is 5.54 Å². The highest BCUT2D eigenvalue weighted by Crippen LogP contribution is 2.20. The molecule has 1 atom stereocenters. The molecule has 3 amide bonds. The van der Waals surface area contributed by atoms with Crippen molar-refractivity contribution >= 4 is 17.9 Å². The third-order valence-corrected chi connectivity index (χ3v) is 4.07. The smallest absolute Gasteiger partial charge is 0.317 e. The van der Waals surface area contributed by atoms with Crippen molar-refractivity contribution in [3.8, 4) is 0 Å². The zero-order valence-corrected chi connectivity index (χ0v) is 13.6. The number of carboxylic acid groups (broad SMARTS) is 1. The molecule has 0 aromatic heterocycles. The van der Waals surface area contributed by atoms with Gasteiger partial charge in [-0.25, -0.2) is 4.79 Å². The van der Waals surface area contributed by atoms with Crippen LogP contribution in [0.25, 0.3) is 0 Å². The van der Waals surface area contributed by atoms with Crippen molar-refractivity contribution in [3.05, 3.63) is 0 Å². The number of carboxylic acids is 1. The van der Waals surface area contributed by atoms with Crippen LogP contribution in [0.3, 0.4) is 0 Å². The Labute approximate surface area is 131 Å². The molecular formula is C15H27N3O4. The fourth-order valence-corrected chi connectivity index (χ4v) is 2.53. The first-order valence-electron chi connectivity index (χ1n) is 7.77. The summed E-state index contributed by atoms with van der Waals surface area (Å²) >= 11 is 0. The van der Waals surface area contributed by atoms with E-state index < -0.39 is 17.5 Å². The molecule has 0 radical (unpaired) electrons. The van der Waals surface area contributed by atoms with Gasteiger partial charge in [0, 0.05) is 26.6 Å². The van der Waals surface area contributed by atoms with Gasteiger partial charge in [0.2, 0.25) is 5.91 Å². The number of carbonyl (C=O) groups is 3. The summed E-state index contributed by atoms with van der Waals surface area (Å²) in [7, 11) is 3.15. The van der Waals surface area contributed by atoms with Crippen LogP contribution in [0.4, 0.5) is 4.79 Å². The second kappa shape index (κ2) is 8.00. The molecule has 0 aromatic rings. The van der Waals surface area contributed by atoms with Crippen molar-refractivity contribution in [3.63, 3.8) is 0 Å². The Morgan fingerprint density at radius 1 is 1.18 bits per heavy atom. The third kappa shape index (κ3) is 5.54. The van der Waals surface area contributed by atoms with E-state index >= 15 is 0 Å². The minimum absolute atomic E-state index is 0.0560. The highest BCUT2D eigenvalue weighted by Gasteiger charge is 2.36. The SMILES string of the molecule is CN(C)C(=O)NC(C)(CCC(=O)O)C(=O)NC1CCCCC1. The Morgan fingerprint density at radius 2 is 1.77 bits per heavy atom. The summed E-state index contributed by atoms with van der Waals surface area (Å²) in [5.74, 6) is -1.30. The van der Waals surface area contributed by atoms with Gasteiger partial charge < -0.3 is 20.6 Å². The molecule has 0 bridgehead atoms. The molecule has 1 fully saturated rings. The normalized spacial score (nSPS) is 18.1. The molecule has 3 N–H and O–H groups in total. The number of nitrogens with one attached hydrogen (secondary N) is 2. The average Bonchev–Trinajstić information content (AvgIpc) is 2.46. The first kappa shape index (κ1) is 18.3. The fourth-order valence-electron chi connectivity index (χ4n) is 2.53. The molecule has 1 aliphatic carbocycles. The molecule has 1 unspecified atom stereocenters. The van der Waals surface area contributed by atoms with Crippen molar-refractivity contribution in [2.45, 2.75) is 63.5 Å². The number of urea groups is 1. The Bertz CT molecular complexity index is 419. The van der Waals surface area contributed by atoms with E-state index in [1.54, 1.807) is 21.0 Å². The van der Waals surface area contributed by atoms with Crippen LogP contribution < -0.4 is 10.6 Å². The molecule has 1 saturated carbocycles. The van der Waals surface area contributed by atoms with Crippen molar-refractivity contribution < 1.29 is 19.5 Å². The minimum atomic E-state index is -1.23. The molecule has 0 spiro atoms. The first-order chi connectivity index (χ1) is 10.2. The van der Waals surface area contributed by atoms with Crippen molar-refractivity contribution in [2.24, 2.45) is 0 Å². The Kier molecular flexibility index (Phi) is 6.64. The highest BCUT2D eigenvalue weighted by atomic mass is 16.4. The molecule has 0 aromatic carbocycles. The van der Waals surface area contributed by atoms with Gasteiger partial charge in [-0.3, -0.25) is 9.59 Å². The van der Waals surface area contributed by atoms with Crippen LogP contribution in [0.15, 0.2) is 0 Å². The van der Waals surface area contributed by atoms with E-state index in [2.05, 4.69) is 10.6 Å². The predicted octanol–water partition coefficient (Wildman–Crippen LogP) is 1.33. The second-order valence-electron chi connectivity index (χ2n) is 6.36. The highest BCUT2D eigenvalue weighted by molar-refractivity contribution is 5.91. The maximum atomic E-state index is 12.6. The molecule has 0 heterocycles. The molecule has 22 heavy (non-hydrogen) atoms. The first-order valence-corrected chi connectivity index (χ1v) is 7.77. The Morgan fingerprint density at radius 3 is 2.27 bits per heavy atom. The summed E-state index contributed by atoms with van der Waals surface area (Å²) in [6.45, 7) is 1.58. The zero-order valence-electron chi connectivity index (χ0n) is 13.6. The lowest BCUT2D eigenvalue weighted by Gasteiger charge is -2.33. The molecule has 1 rings (SSSR count). The number of hydrogen-bond acceptors (Lipinski definition) is 3. The summed E-state index contributed by atoms with van der Waals surface area (Å²) in [5, 5.41) is 14.5. The number of rotatable bonds is 6. The van der Waals surface area contributed by atoms with Gasteiger partial charge in [0.05, 0.1) is 0 Å². The summed E-state index contributed by atoms with van der Waals surface area (Å²) in [5.41, 5.74) is -1.23. The molecule has 7 heteroatoms. The summed E-state index contributed by atoms with van der Waals surface area (Å²) in [6, 6.07) is -0.298. The fraction of sp³-hybridized carbons (Fsp3) is 0.800. The minimum Gasteiger partial charge on any atom is -0.481 e. The van der Waals surface area contributed by atoms with Crippen molar-refractivity contribution in [1.29, 1.82) is 0 Å². The lowest BCUT2D eigenvalue weighted by molar-refractivity contribution is -0.138. The molecular weight excluding hydrogens is 286 g/mol.